The number of nitrogens with one attached hydrogen (secondary N) is 1. The minimum absolute atomic E-state index is 0.0946. The van der Waals surface area contributed by atoms with E-state index in [-0.39, 0.29) is 18.2 Å². The Morgan fingerprint density at radius 1 is 1.08 bits per heavy atom. The predicted molar refractivity (Wildman–Crippen MR) is 99.8 cm³/mol. The lowest BCUT2D eigenvalue weighted by molar-refractivity contribution is -0.115. The van der Waals surface area contributed by atoms with Gasteiger partial charge < -0.3 is 16.0 Å². The number of carbonyl (C=O) groups excluding carboxylic acids is 2. The molecule has 6 heteroatoms. The van der Waals surface area contributed by atoms with Crippen molar-refractivity contribution in [1.29, 1.82) is 0 Å². The molecule has 0 aromatic heterocycles. The largest absolute Gasteiger partial charge is 0.399 e. The number of amides is 2. The summed E-state index contributed by atoms with van der Waals surface area (Å²) in [6.45, 7) is 1.48. The third-order valence-corrected chi connectivity index (χ3v) is 4.46. The lowest BCUT2D eigenvalue weighted by Crippen LogP contribution is -2.29. The van der Waals surface area contributed by atoms with Crippen molar-refractivity contribution in [2.24, 2.45) is 0 Å². The first kappa shape index (κ1) is 17.3. The van der Waals surface area contributed by atoms with Crippen LogP contribution in [0.3, 0.4) is 0 Å². The van der Waals surface area contributed by atoms with Crippen LogP contribution in [0.5, 0.6) is 0 Å². The lowest BCUT2D eigenvalue weighted by atomic mass is 10.1. The topological polar surface area (TPSA) is 75.4 Å². The number of hydrogen-bond acceptors (Lipinski definition) is 3. The summed E-state index contributed by atoms with van der Waals surface area (Å²) in [6.07, 6.45) is 2.22. The molecule has 0 saturated carbocycles. The summed E-state index contributed by atoms with van der Waals surface area (Å²) in [5.41, 5.74) is 8.08. The molecule has 3 rings (SSSR count). The highest BCUT2D eigenvalue weighted by molar-refractivity contribution is 6.31. The van der Waals surface area contributed by atoms with Crippen molar-refractivity contribution < 1.29 is 9.59 Å². The smallest absolute Gasteiger partial charge is 0.256 e. The SMILES string of the molecule is Nc1ccc(CC(=O)Nc2ccc(Cl)cc2C(=O)N2CCCC2)cc1. The van der Waals surface area contributed by atoms with E-state index in [0.29, 0.717) is 22.0 Å². The Hall–Kier alpha value is -2.53. The molecular formula is C19H20ClN3O2. The maximum Gasteiger partial charge on any atom is 0.256 e. The van der Waals surface area contributed by atoms with Gasteiger partial charge >= 0.3 is 0 Å². The molecule has 0 unspecified atom stereocenters. The minimum atomic E-state index is -0.192. The number of carbonyl (C=O) groups is 2. The van der Waals surface area contributed by atoms with Crippen molar-refractivity contribution in [2.45, 2.75) is 19.3 Å². The van der Waals surface area contributed by atoms with Crippen molar-refractivity contribution >= 4 is 34.8 Å². The molecule has 0 radical (unpaired) electrons. The number of nitrogens with two attached hydrogens (primary N) is 1. The minimum Gasteiger partial charge on any atom is -0.399 e. The quantitative estimate of drug-likeness (QED) is 0.824. The van der Waals surface area contributed by atoms with E-state index >= 15 is 0 Å². The fourth-order valence-electron chi connectivity index (χ4n) is 2.91. The average Bonchev–Trinajstić information content (AvgIpc) is 3.12. The van der Waals surface area contributed by atoms with Gasteiger partial charge in [0.05, 0.1) is 17.7 Å². The second-order valence-corrected chi connectivity index (χ2v) is 6.59. The first-order valence-corrected chi connectivity index (χ1v) is 8.64. The summed E-state index contributed by atoms with van der Waals surface area (Å²) in [5, 5.41) is 3.30. The molecule has 1 heterocycles. The van der Waals surface area contributed by atoms with Crippen LogP contribution in [0.15, 0.2) is 42.5 Å². The van der Waals surface area contributed by atoms with Gasteiger partial charge in [0.1, 0.15) is 0 Å². The molecule has 1 fully saturated rings. The van der Waals surface area contributed by atoms with Crippen molar-refractivity contribution in [3.63, 3.8) is 0 Å². The summed E-state index contributed by atoms with van der Waals surface area (Å²) in [7, 11) is 0. The highest BCUT2D eigenvalue weighted by Crippen LogP contribution is 2.24. The average molecular weight is 358 g/mol. The molecule has 0 atom stereocenters. The zero-order chi connectivity index (χ0) is 17.8. The van der Waals surface area contributed by atoms with Crippen molar-refractivity contribution in [3.05, 3.63) is 58.6 Å². The summed E-state index contributed by atoms with van der Waals surface area (Å²) in [6, 6.07) is 12.1. The molecule has 0 aliphatic carbocycles. The van der Waals surface area contributed by atoms with Crippen molar-refractivity contribution in [2.75, 3.05) is 24.1 Å². The molecule has 2 aromatic rings. The summed E-state index contributed by atoms with van der Waals surface area (Å²) in [5.74, 6) is -0.287. The molecule has 0 bridgehead atoms. The Bertz CT molecular complexity index is 784. The zero-order valence-corrected chi connectivity index (χ0v) is 14.6. The first-order chi connectivity index (χ1) is 12.0. The Balaban J connectivity index is 1.76. The zero-order valence-electron chi connectivity index (χ0n) is 13.8. The molecule has 1 saturated heterocycles. The van der Waals surface area contributed by atoms with E-state index in [1.807, 2.05) is 12.1 Å². The Morgan fingerprint density at radius 2 is 1.76 bits per heavy atom. The molecule has 1 aliphatic rings. The third-order valence-electron chi connectivity index (χ3n) is 4.22. The van der Waals surface area contributed by atoms with E-state index in [2.05, 4.69) is 5.32 Å². The first-order valence-electron chi connectivity index (χ1n) is 8.26. The van der Waals surface area contributed by atoms with Gasteiger partial charge in [0.2, 0.25) is 5.91 Å². The van der Waals surface area contributed by atoms with E-state index in [9.17, 15) is 9.59 Å². The number of likely N-dealkylation sites (tertiary alicyclic amines) is 1. The monoisotopic (exact) mass is 357 g/mol. The van der Waals surface area contributed by atoms with Crippen molar-refractivity contribution in [1.82, 2.24) is 4.90 Å². The van der Waals surface area contributed by atoms with Crippen LogP contribution in [-0.4, -0.2) is 29.8 Å². The lowest BCUT2D eigenvalue weighted by Gasteiger charge is -2.18. The number of rotatable bonds is 4. The van der Waals surface area contributed by atoms with Crippen LogP contribution in [0.25, 0.3) is 0 Å². The van der Waals surface area contributed by atoms with E-state index in [4.69, 9.17) is 17.3 Å². The van der Waals surface area contributed by atoms with Gasteiger partial charge in [-0.25, -0.2) is 0 Å². The molecule has 5 nitrogen and oxygen atoms in total. The molecule has 3 N–H and O–H groups in total. The third kappa shape index (κ3) is 4.31. The van der Waals surface area contributed by atoms with E-state index in [1.165, 1.54) is 0 Å². The van der Waals surface area contributed by atoms with Gasteiger partial charge in [0, 0.05) is 23.8 Å². The summed E-state index contributed by atoms with van der Waals surface area (Å²) < 4.78 is 0. The molecule has 2 amide bonds. The van der Waals surface area contributed by atoms with Crippen LogP contribution in [0.1, 0.15) is 28.8 Å². The second kappa shape index (κ2) is 7.57. The van der Waals surface area contributed by atoms with Gasteiger partial charge in [-0.05, 0) is 48.7 Å². The Morgan fingerprint density at radius 3 is 2.44 bits per heavy atom. The van der Waals surface area contributed by atoms with Crippen LogP contribution < -0.4 is 11.1 Å². The second-order valence-electron chi connectivity index (χ2n) is 6.16. The number of hydrogen-bond donors (Lipinski definition) is 2. The summed E-state index contributed by atoms with van der Waals surface area (Å²) in [4.78, 5) is 26.8. The highest BCUT2D eigenvalue weighted by Gasteiger charge is 2.22. The number of nitrogens with zero attached hydrogens (tertiary/aromatic N) is 1. The molecular weight excluding hydrogens is 338 g/mol. The van der Waals surface area contributed by atoms with Gasteiger partial charge in [-0.1, -0.05) is 23.7 Å². The van der Waals surface area contributed by atoms with E-state index < -0.39 is 0 Å². The molecule has 130 valence electrons. The van der Waals surface area contributed by atoms with Crippen LogP contribution >= 0.6 is 11.6 Å². The fraction of sp³-hybridized carbons (Fsp3) is 0.263. The Kier molecular flexibility index (Phi) is 5.24. The van der Waals surface area contributed by atoms with Gasteiger partial charge in [-0.15, -0.1) is 0 Å². The predicted octanol–water partition coefficient (Wildman–Crippen LogP) is 3.34. The van der Waals surface area contributed by atoms with E-state index in [1.54, 1.807) is 35.2 Å². The van der Waals surface area contributed by atoms with Crippen LogP contribution in [0.4, 0.5) is 11.4 Å². The number of anilines is 2. The molecule has 1 aliphatic heterocycles. The van der Waals surface area contributed by atoms with Crippen LogP contribution in [0, 0.1) is 0 Å². The summed E-state index contributed by atoms with van der Waals surface area (Å²) >= 11 is 6.05. The molecule has 2 aromatic carbocycles. The van der Waals surface area contributed by atoms with Crippen LogP contribution in [-0.2, 0) is 11.2 Å². The maximum atomic E-state index is 12.7. The van der Waals surface area contributed by atoms with Crippen molar-refractivity contribution in [3.8, 4) is 0 Å². The van der Waals surface area contributed by atoms with Gasteiger partial charge in [0.15, 0.2) is 0 Å². The molecule has 0 spiro atoms. The standard InChI is InChI=1S/C19H20ClN3O2/c20-14-5-8-17(16(12-14)19(25)23-9-1-2-10-23)22-18(24)11-13-3-6-15(21)7-4-13/h3-8,12H,1-2,9-11,21H2,(H,22,24). The van der Waals surface area contributed by atoms with Gasteiger partial charge in [0.25, 0.3) is 5.91 Å². The van der Waals surface area contributed by atoms with E-state index in [0.717, 1.165) is 31.5 Å². The maximum absolute atomic E-state index is 12.7. The van der Waals surface area contributed by atoms with Crippen LogP contribution in [0.2, 0.25) is 5.02 Å². The number of benzene rings is 2. The van der Waals surface area contributed by atoms with Gasteiger partial charge in [-0.2, -0.15) is 0 Å². The van der Waals surface area contributed by atoms with Gasteiger partial charge in [-0.3, -0.25) is 9.59 Å². The number of nitrogen functional groups attached to an aromatic ring is 1. The number of halogens is 1. The normalized spacial score (nSPS) is 13.7. The Labute approximate surface area is 151 Å². The molecule has 25 heavy (non-hydrogen) atoms. The fourth-order valence-corrected chi connectivity index (χ4v) is 3.08. The highest BCUT2D eigenvalue weighted by atomic mass is 35.5.